The Bertz CT molecular complexity index is 352. The maximum absolute atomic E-state index is 13.3. The fourth-order valence-corrected chi connectivity index (χ4v) is 1.55. The predicted octanol–water partition coefficient (Wildman–Crippen LogP) is 2.74. The molecule has 0 unspecified atom stereocenters. The molecule has 0 spiro atoms. The fraction of sp³-hybridized carbons (Fsp3) is 0.300. The van der Waals surface area contributed by atoms with Gasteiger partial charge in [0, 0.05) is 4.90 Å². The van der Waals surface area contributed by atoms with Crippen molar-refractivity contribution < 1.29 is 14.3 Å². The molecule has 14 heavy (non-hydrogen) atoms. The third-order valence-electron chi connectivity index (χ3n) is 2.05. The Morgan fingerprint density at radius 3 is 2.64 bits per heavy atom. The van der Waals surface area contributed by atoms with E-state index in [-0.39, 0.29) is 5.82 Å². The normalized spacial score (nSPS) is 12.5. The smallest absolute Gasteiger partial charge is 0.310 e. The summed E-state index contributed by atoms with van der Waals surface area (Å²) >= 11 is 1.30. The van der Waals surface area contributed by atoms with Gasteiger partial charge in [-0.05, 0) is 30.9 Å². The van der Waals surface area contributed by atoms with Gasteiger partial charge in [-0.1, -0.05) is 6.07 Å². The monoisotopic (exact) mass is 214 g/mol. The maximum atomic E-state index is 13.3. The second-order valence-corrected chi connectivity index (χ2v) is 3.80. The molecule has 0 aliphatic carbocycles. The second-order valence-electron chi connectivity index (χ2n) is 2.95. The number of benzene rings is 1. The summed E-state index contributed by atoms with van der Waals surface area (Å²) in [5.74, 6) is -1.97. The Hall–Kier alpha value is -1.03. The molecule has 0 radical (unpaired) electrons. The zero-order chi connectivity index (χ0) is 10.7. The van der Waals surface area contributed by atoms with Gasteiger partial charge in [0.15, 0.2) is 0 Å². The van der Waals surface area contributed by atoms with Crippen LogP contribution in [0.1, 0.15) is 18.4 Å². The van der Waals surface area contributed by atoms with Crippen LogP contribution in [0.15, 0.2) is 23.1 Å². The van der Waals surface area contributed by atoms with Crippen molar-refractivity contribution in [2.45, 2.75) is 17.7 Å². The van der Waals surface area contributed by atoms with E-state index in [9.17, 15) is 9.18 Å². The molecule has 0 aliphatic rings. The predicted molar refractivity (Wildman–Crippen MR) is 54.2 cm³/mol. The van der Waals surface area contributed by atoms with Crippen molar-refractivity contribution in [2.75, 3.05) is 6.26 Å². The number of thioether (sulfide) groups is 1. The molecule has 1 aromatic rings. The highest BCUT2D eigenvalue weighted by molar-refractivity contribution is 7.98. The van der Waals surface area contributed by atoms with Gasteiger partial charge in [0.2, 0.25) is 0 Å². The van der Waals surface area contributed by atoms with Crippen LogP contribution in [0.3, 0.4) is 0 Å². The first kappa shape index (κ1) is 11.0. The van der Waals surface area contributed by atoms with E-state index in [0.29, 0.717) is 10.5 Å². The number of carboxylic acid groups (broad SMARTS) is 1. The van der Waals surface area contributed by atoms with E-state index >= 15 is 0 Å². The summed E-state index contributed by atoms with van der Waals surface area (Å²) in [5, 5.41) is 8.73. The van der Waals surface area contributed by atoms with Crippen LogP contribution in [0.5, 0.6) is 0 Å². The first-order valence-corrected chi connectivity index (χ1v) is 5.35. The van der Waals surface area contributed by atoms with Gasteiger partial charge in [-0.15, -0.1) is 11.8 Å². The third kappa shape index (κ3) is 2.26. The largest absolute Gasteiger partial charge is 0.481 e. The molecule has 0 saturated carbocycles. The lowest BCUT2D eigenvalue weighted by Crippen LogP contribution is -2.07. The summed E-state index contributed by atoms with van der Waals surface area (Å²) in [4.78, 5) is 11.2. The standard InChI is InChI=1S/C10H11FO2S/c1-6(10(12)13)7-3-4-9(14-2)8(11)5-7/h3-6H,1-2H3,(H,12,13)/t6-/m0/s1. The van der Waals surface area contributed by atoms with Gasteiger partial charge in [-0.2, -0.15) is 0 Å². The molecule has 1 aromatic carbocycles. The number of halogens is 1. The summed E-state index contributed by atoms with van der Waals surface area (Å²) in [5.41, 5.74) is 0.493. The SMILES string of the molecule is CSc1ccc([C@H](C)C(=O)O)cc1F. The van der Waals surface area contributed by atoms with Crippen LogP contribution >= 0.6 is 11.8 Å². The van der Waals surface area contributed by atoms with Crippen LogP contribution < -0.4 is 0 Å². The molecule has 1 rings (SSSR count). The van der Waals surface area contributed by atoms with Crippen LogP contribution in [0.25, 0.3) is 0 Å². The van der Waals surface area contributed by atoms with Crippen LogP contribution in [0.2, 0.25) is 0 Å². The quantitative estimate of drug-likeness (QED) is 0.786. The van der Waals surface area contributed by atoms with E-state index in [2.05, 4.69) is 0 Å². The average Bonchev–Trinajstić information content (AvgIpc) is 2.16. The highest BCUT2D eigenvalue weighted by Crippen LogP contribution is 2.23. The van der Waals surface area contributed by atoms with Gasteiger partial charge in [-0.3, -0.25) is 4.79 Å². The summed E-state index contributed by atoms with van der Waals surface area (Å²) in [6.07, 6.45) is 1.78. The average molecular weight is 214 g/mol. The van der Waals surface area contributed by atoms with Crippen LogP contribution in [-0.2, 0) is 4.79 Å². The molecule has 4 heteroatoms. The minimum Gasteiger partial charge on any atom is -0.481 e. The highest BCUT2D eigenvalue weighted by Gasteiger charge is 2.14. The van der Waals surface area contributed by atoms with E-state index in [1.165, 1.54) is 24.8 Å². The zero-order valence-corrected chi connectivity index (χ0v) is 8.77. The molecule has 76 valence electrons. The number of carbonyl (C=O) groups is 1. The van der Waals surface area contributed by atoms with Gasteiger partial charge < -0.3 is 5.11 Å². The van der Waals surface area contributed by atoms with Gasteiger partial charge >= 0.3 is 5.97 Å². The van der Waals surface area contributed by atoms with Crippen molar-refractivity contribution in [3.63, 3.8) is 0 Å². The summed E-state index contributed by atoms with van der Waals surface area (Å²) in [7, 11) is 0. The zero-order valence-electron chi connectivity index (χ0n) is 7.95. The number of carboxylic acids is 1. The Labute approximate surface area is 86.1 Å². The Kier molecular flexibility index (Phi) is 3.52. The van der Waals surface area contributed by atoms with E-state index in [4.69, 9.17) is 5.11 Å². The van der Waals surface area contributed by atoms with Crippen LogP contribution in [0, 0.1) is 5.82 Å². The van der Waals surface area contributed by atoms with Crippen molar-refractivity contribution in [3.8, 4) is 0 Å². The van der Waals surface area contributed by atoms with Crippen molar-refractivity contribution in [1.29, 1.82) is 0 Å². The van der Waals surface area contributed by atoms with Crippen LogP contribution in [-0.4, -0.2) is 17.3 Å². The first-order valence-electron chi connectivity index (χ1n) is 4.12. The maximum Gasteiger partial charge on any atom is 0.310 e. The Balaban J connectivity index is 3.02. The molecule has 0 aliphatic heterocycles. The molecular formula is C10H11FO2S. The molecular weight excluding hydrogens is 203 g/mol. The second kappa shape index (κ2) is 4.46. The minimum atomic E-state index is -0.943. The van der Waals surface area contributed by atoms with Crippen molar-refractivity contribution >= 4 is 17.7 Å². The number of rotatable bonds is 3. The molecule has 0 bridgehead atoms. The molecule has 1 atom stereocenters. The molecule has 0 fully saturated rings. The first-order chi connectivity index (χ1) is 6.56. The summed E-state index contributed by atoms with van der Waals surface area (Å²) in [6, 6.07) is 4.53. The summed E-state index contributed by atoms with van der Waals surface area (Å²) < 4.78 is 13.3. The van der Waals surface area contributed by atoms with Crippen LogP contribution in [0.4, 0.5) is 4.39 Å². The van der Waals surface area contributed by atoms with Gasteiger partial charge in [0.1, 0.15) is 5.82 Å². The van der Waals surface area contributed by atoms with Gasteiger partial charge in [0.25, 0.3) is 0 Å². The molecule has 2 nitrogen and oxygen atoms in total. The van der Waals surface area contributed by atoms with E-state index in [0.717, 1.165) is 0 Å². The molecule has 0 aromatic heterocycles. The Morgan fingerprint density at radius 2 is 2.21 bits per heavy atom. The molecule has 0 amide bonds. The van der Waals surface area contributed by atoms with E-state index in [1.54, 1.807) is 18.4 Å². The lowest BCUT2D eigenvalue weighted by atomic mass is 10.0. The van der Waals surface area contributed by atoms with Crippen molar-refractivity contribution in [1.82, 2.24) is 0 Å². The fourth-order valence-electron chi connectivity index (χ4n) is 1.09. The topological polar surface area (TPSA) is 37.3 Å². The minimum absolute atomic E-state index is 0.358. The lowest BCUT2D eigenvalue weighted by molar-refractivity contribution is -0.138. The van der Waals surface area contributed by atoms with Crippen molar-refractivity contribution in [2.24, 2.45) is 0 Å². The van der Waals surface area contributed by atoms with Gasteiger partial charge in [-0.25, -0.2) is 4.39 Å². The Morgan fingerprint density at radius 1 is 1.57 bits per heavy atom. The number of hydrogen-bond acceptors (Lipinski definition) is 2. The molecule has 1 N–H and O–H groups in total. The number of aliphatic carboxylic acids is 1. The number of hydrogen-bond donors (Lipinski definition) is 1. The summed E-state index contributed by atoms with van der Waals surface area (Å²) in [6.45, 7) is 1.54. The van der Waals surface area contributed by atoms with E-state index < -0.39 is 11.9 Å². The third-order valence-corrected chi connectivity index (χ3v) is 2.82. The van der Waals surface area contributed by atoms with E-state index in [1.807, 2.05) is 0 Å². The lowest BCUT2D eigenvalue weighted by Gasteiger charge is -2.07. The molecule has 0 heterocycles. The highest BCUT2D eigenvalue weighted by atomic mass is 32.2. The molecule has 0 saturated heterocycles. The van der Waals surface area contributed by atoms with Gasteiger partial charge in [0.05, 0.1) is 5.92 Å². The van der Waals surface area contributed by atoms with Crippen molar-refractivity contribution in [3.05, 3.63) is 29.6 Å².